The number of cyclic esters (lactones) is 1. The van der Waals surface area contributed by atoms with E-state index in [1.807, 2.05) is 13.8 Å². The lowest BCUT2D eigenvalue weighted by atomic mass is 9.62. The Kier molecular flexibility index (Phi) is 2.35. The molecule has 0 N–H and O–H groups in total. The first-order valence-electron chi connectivity index (χ1n) is 6.78. The van der Waals surface area contributed by atoms with Gasteiger partial charge in [0.25, 0.3) is 0 Å². The summed E-state index contributed by atoms with van der Waals surface area (Å²) in [7, 11) is 0. The second-order valence-electron chi connectivity index (χ2n) is 6.32. The Balaban J connectivity index is 2.12. The first kappa shape index (κ1) is 12.6. The molecule has 0 aromatic carbocycles. The minimum absolute atomic E-state index is 0.0788. The third kappa shape index (κ3) is 1.22. The molecular formula is C15H18O4. The fourth-order valence-corrected chi connectivity index (χ4v) is 4.16. The van der Waals surface area contributed by atoms with Crippen LogP contribution in [0.5, 0.6) is 0 Å². The van der Waals surface area contributed by atoms with Crippen LogP contribution in [0.25, 0.3) is 0 Å². The molecule has 4 atom stereocenters. The molecule has 1 aliphatic heterocycles. The van der Waals surface area contributed by atoms with E-state index < -0.39 is 16.8 Å². The second kappa shape index (κ2) is 3.56. The van der Waals surface area contributed by atoms with E-state index >= 15 is 0 Å². The number of rotatable bonds is 0. The Bertz CT molecular complexity index is 502. The van der Waals surface area contributed by atoms with E-state index in [4.69, 9.17) is 4.74 Å². The zero-order chi connectivity index (χ0) is 14.0. The summed E-state index contributed by atoms with van der Waals surface area (Å²) in [6, 6.07) is 0. The maximum atomic E-state index is 12.9. The predicted octanol–water partition coefficient (Wildman–Crippen LogP) is 1.68. The van der Waals surface area contributed by atoms with Crippen molar-refractivity contribution in [3.63, 3.8) is 0 Å². The van der Waals surface area contributed by atoms with Crippen molar-refractivity contribution < 1.29 is 19.1 Å². The molecule has 0 bridgehead atoms. The number of fused-ring (bicyclic) bond motifs is 1. The maximum absolute atomic E-state index is 12.9. The minimum Gasteiger partial charge on any atom is -0.460 e. The molecular weight excluding hydrogens is 244 g/mol. The average molecular weight is 262 g/mol. The Morgan fingerprint density at radius 1 is 1.32 bits per heavy atom. The molecule has 0 aromatic heterocycles. The highest BCUT2D eigenvalue weighted by Crippen LogP contribution is 2.61. The highest BCUT2D eigenvalue weighted by atomic mass is 16.5. The van der Waals surface area contributed by atoms with Crippen LogP contribution in [0.4, 0.5) is 0 Å². The van der Waals surface area contributed by atoms with Crippen LogP contribution in [0, 0.1) is 22.7 Å². The molecule has 1 spiro atoms. The smallest absolute Gasteiger partial charge is 0.324 e. The van der Waals surface area contributed by atoms with Gasteiger partial charge >= 0.3 is 5.97 Å². The number of hydrogen-bond donors (Lipinski definition) is 0. The van der Waals surface area contributed by atoms with Gasteiger partial charge in [-0.05, 0) is 24.3 Å². The molecule has 1 heterocycles. The van der Waals surface area contributed by atoms with Gasteiger partial charge in [0, 0.05) is 17.8 Å². The van der Waals surface area contributed by atoms with Gasteiger partial charge in [-0.1, -0.05) is 20.4 Å². The normalized spacial score (nSPS) is 45.8. The fourth-order valence-electron chi connectivity index (χ4n) is 4.16. The van der Waals surface area contributed by atoms with E-state index in [1.165, 1.54) is 0 Å². The van der Waals surface area contributed by atoms with Crippen molar-refractivity contribution >= 4 is 17.5 Å². The number of ketones is 2. The summed E-state index contributed by atoms with van der Waals surface area (Å²) in [6.45, 7) is 7.66. The molecule has 0 amide bonds. The van der Waals surface area contributed by atoms with E-state index in [1.54, 1.807) is 0 Å². The van der Waals surface area contributed by atoms with Crippen LogP contribution in [-0.4, -0.2) is 24.1 Å². The molecule has 4 nitrogen and oxygen atoms in total. The van der Waals surface area contributed by atoms with Crippen LogP contribution in [0.3, 0.4) is 0 Å². The summed E-state index contributed by atoms with van der Waals surface area (Å²) in [6.07, 6.45) is 1.66. The zero-order valence-corrected chi connectivity index (χ0v) is 11.3. The Morgan fingerprint density at radius 2 is 2.00 bits per heavy atom. The highest BCUT2D eigenvalue weighted by molar-refractivity contribution is 6.14. The summed E-state index contributed by atoms with van der Waals surface area (Å²) < 4.78 is 5.04. The lowest BCUT2D eigenvalue weighted by Gasteiger charge is -2.39. The van der Waals surface area contributed by atoms with Gasteiger partial charge in [0.1, 0.15) is 12.4 Å². The molecule has 19 heavy (non-hydrogen) atoms. The predicted molar refractivity (Wildman–Crippen MR) is 67.2 cm³/mol. The van der Waals surface area contributed by atoms with Gasteiger partial charge in [0.15, 0.2) is 11.2 Å². The summed E-state index contributed by atoms with van der Waals surface area (Å²) in [4.78, 5) is 37.0. The molecule has 1 saturated heterocycles. The van der Waals surface area contributed by atoms with E-state index in [0.717, 1.165) is 0 Å². The zero-order valence-electron chi connectivity index (χ0n) is 11.3. The van der Waals surface area contributed by atoms with Crippen LogP contribution in [0.1, 0.15) is 33.1 Å². The number of esters is 1. The molecule has 3 fully saturated rings. The van der Waals surface area contributed by atoms with Crippen LogP contribution >= 0.6 is 0 Å². The van der Waals surface area contributed by atoms with Crippen LogP contribution in [0.2, 0.25) is 0 Å². The van der Waals surface area contributed by atoms with Crippen molar-refractivity contribution in [2.45, 2.75) is 33.1 Å². The van der Waals surface area contributed by atoms with Crippen molar-refractivity contribution in [1.82, 2.24) is 0 Å². The monoisotopic (exact) mass is 262 g/mol. The van der Waals surface area contributed by atoms with E-state index in [2.05, 4.69) is 6.58 Å². The van der Waals surface area contributed by atoms with E-state index in [9.17, 15) is 14.4 Å². The van der Waals surface area contributed by atoms with Gasteiger partial charge in [-0.2, -0.15) is 0 Å². The number of carbonyl (C=O) groups is 3. The van der Waals surface area contributed by atoms with Gasteiger partial charge < -0.3 is 4.74 Å². The average Bonchev–Trinajstić information content (AvgIpc) is 2.79. The van der Waals surface area contributed by atoms with Gasteiger partial charge in [-0.25, -0.2) is 0 Å². The van der Waals surface area contributed by atoms with E-state index in [-0.39, 0.29) is 30.0 Å². The van der Waals surface area contributed by atoms with Crippen molar-refractivity contribution in [2.75, 3.05) is 6.61 Å². The van der Waals surface area contributed by atoms with Crippen LogP contribution in [-0.2, 0) is 19.1 Å². The Morgan fingerprint density at radius 3 is 2.58 bits per heavy atom. The molecule has 0 radical (unpaired) electrons. The number of ether oxygens (including phenoxy) is 1. The molecule has 2 aliphatic carbocycles. The SMILES string of the molecule is C=C1COC(=O)[C@@]12C[C@H]1CCC(=O)[C@@H](C)[C@@]1(C)C2=O. The number of hydrogen-bond acceptors (Lipinski definition) is 4. The summed E-state index contributed by atoms with van der Waals surface area (Å²) >= 11 is 0. The first-order chi connectivity index (χ1) is 8.85. The van der Waals surface area contributed by atoms with Gasteiger partial charge in [-0.3, -0.25) is 14.4 Å². The van der Waals surface area contributed by atoms with Crippen molar-refractivity contribution in [2.24, 2.45) is 22.7 Å². The van der Waals surface area contributed by atoms with Gasteiger partial charge in [0.05, 0.1) is 0 Å². The third-order valence-electron chi connectivity index (χ3n) is 5.73. The topological polar surface area (TPSA) is 60.4 Å². The molecule has 0 unspecified atom stereocenters. The Labute approximate surface area is 112 Å². The quantitative estimate of drug-likeness (QED) is 0.378. The van der Waals surface area contributed by atoms with Crippen molar-refractivity contribution in [3.8, 4) is 0 Å². The minimum atomic E-state index is -1.17. The van der Waals surface area contributed by atoms with Crippen LogP contribution < -0.4 is 0 Å². The van der Waals surface area contributed by atoms with Gasteiger partial charge in [-0.15, -0.1) is 0 Å². The summed E-state index contributed by atoms with van der Waals surface area (Å²) in [5.74, 6) is -0.716. The fraction of sp³-hybridized carbons (Fsp3) is 0.667. The number of Topliss-reactive ketones (excluding diaryl/α,β-unsaturated/α-hetero) is 2. The van der Waals surface area contributed by atoms with Gasteiger partial charge in [0.2, 0.25) is 0 Å². The second-order valence-corrected chi connectivity index (χ2v) is 6.32. The molecule has 3 aliphatic rings. The van der Waals surface area contributed by atoms with E-state index in [0.29, 0.717) is 24.8 Å². The van der Waals surface area contributed by atoms with Crippen molar-refractivity contribution in [1.29, 1.82) is 0 Å². The maximum Gasteiger partial charge on any atom is 0.324 e. The first-order valence-corrected chi connectivity index (χ1v) is 6.78. The largest absolute Gasteiger partial charge is 0.460 e. The standard InChI is InChI=1S/C15H18O4/c1-8-7-19-13(18)15(8)6-10-4-5-11(16)9(2)14(10,3)12(15)17/h9-10H,1,4-7H2,2-3H3/t9-,10-,14-,15+/m1/s1. The molecule has 102 valence electrons. The summed E-state index contributed by atoms with van der Waals surface area (Å²) in [5, 5.41) is 0. The summed E-state index contributed by atoms with van der Waals surface area (Å²) in [5.41, 5.74) is -1.34. The highest BCUT2D eigenvalue weighted by Gasteiger charge is 2.69. The van der Waals surface area contributed by atoms with Crippen LogP contribution in [0.15, 0.2) is 12.2 Å². The lowest BCUT2D eigenvalue weighted by Crippen LogP contribution is -2.46. The Hall–Kier alpha value is -1.45. The molecule has 2 saturated carbocycles. The lowest BCUT2D eigenvalue weighted by molar-refractivity contribution is -0.153. The molecule has 0 aromatic rings. The molecule has 3 rings (SSSR count). The number of carbonyl (C=O) groups excluding carboxylic acids is 3. The third-order valence-corrected chi connectivity index (χ3v) is 5.73. The van der Waals surface area contributed by atoms with Crippen molar-refractivity contribution in [3.05, 3.63) is 12.2 Å². The molecule has 4 heteroatoms.